The Bertz CT molecular complexity index is 394. The van der Waals surface area contributed by atoms with Gasteiger partial charge in [0.1, 0.15) is 5.75 Å². The van der Waals surface area contributed by atoms with E-state index >= 15 is 0 Å². The summed E-state index contributed by atoms with van der Waals surface area (Å²) in [7, 11) is 1.72. The number of benzene rings is 1. The number of rotatable bonds is 8. The molecule has 0 saturated carbocycles. The minimum Gasteiger partial charge on any atom is -0.493 e. The van der Waals surface area contributed by atoms with Crippen LogP contribution in [0.2, 0.25) is 0 Å². The van der Waals surface area contributed by atoms with Crippen LogP contribution in [0.15, 0.2) is 16.6 Å². The highest BCUT2D eigenvalue weighted by atomic mass is 79.9. The highest BCUT2D eigenvalue weighted by molar-refractivity contribution is 9.10. The van der Waals surface area contributed by atoms with E-state index in [-0.39, 0.29) is 6.04 Å². The highest BCUT2D eigenvalue weighted by Gasteiger charge is 2.10. The molecule has 0 amide bonds. The van der Waals surface area contributed by atoms with Crippen LogP contribution < -0.4 is 10.5 Å². The predicted molar refractivity (Wildman–Crippen MR) is 82.8 cm³/mol. The number of unbranched alkanes of at least 4 members (excludes halogenated alkanes) is 1. The number of aryl methyl sites for hydroxylation is 1. The lowest BCUT2D eigenvalue weighted by Gasteiger charge is -2.16. The Morgan fingerprint density at radius 3 is 2.58 bits per heavy atom. The van der Waals surface area contributed by atoms with Crippen molar-refractivity contribution in [1.29, 1.82) is 0 Å². The minimum absolute atomic E-state index is 0.129. The van der Waals surface area contributed by atoms with E-state index in [9.17, 15) is 0 Å². The molecule has 0 aliphatic carbocycles. The van der Waals surface area contributed by atoms with Crippen molar-refractivity contribution in [3.8, 4) is 5.75 Å². The fourth-order valence-corrected chi connectivity index (χ4v) is 2.65. The van der Waals surface area contributed by atoms with Crippen molar-refractivity contribution in [3.05, 3.63) is 27.7 Å². The van der Waals surface area contributed by atoms with Gasteiger partial charge in [-0.05, 0) is 56.4 Å². The zero-order valence-electron chi connectivity index (χ0n) is 12.0. The Balaban J connectivity index is 2.68. The molecular weight excluding hydrogens is 306 g/mol. The lowest BCUT2D eigenvalue weighted by atomic mass is 10.0. The van der Waals surface area contributed by atoms with Crippen LogP contribution >= 0.6 is 15.9 Å². The van der Waals surface area contributed by atoms with Crippen molar-refractivity contribution in [3.63, 3.8) is 0 Å². The largest absolute Gasteiger partial charge is 0.493 e. The minimum atomic E-state index is 0.129. The molecule has 0 saturated heterocycles. The molecule has 1 aromatic carbocycles. The normalized spacial score (nSPS) is 12.5. The smallest absolute Gasteiger partial charge is 0.125 e. The van der Waals surface area contributed by atoms with Gasteiger partial charge < -0.3 is 15.2 Å². The molecule has 0 spiro atoms. The number of hydrogen-bond donors (Lipinski definition) is 1. The fraction of sp³-hybridized carbons (Fsp3) is 0.600. The Hall–Kier alpha value is -0.580. The van der Waals surface area contributed by atoms with E-state index in [1.165, 1.54) is 5.56 Å². The van der Waals surface area contributed by atoms with Crippen LogP contribution in [-0.4, -0.2) is 26.4 Å². The van der Waals surface area contributed by atoms with E-state index < -0.39 is 0 Å². The van der Waals surface area contributed by atoms with E-state index in [0.717, 1.165) is 48.3 Å². The predicted octanol–water partition coefficient (Wildman–Crippen LogP) is 3.45. The molecule has 1 rings (SSSR count). The molecule has 1 aromatic rings. The van der Waals surface area contributed by atoms with Gasteiger partial charge in [0.2, 0.25) is 0 Å². The summed E-state index contributed by atoms with van der Waals surface area (Å²) in [5.74, 6) is 0.984. The van der Waals surface area contributed by atoms with E-state index in [2.05, 4.69) is 35.0 Å². The van der Waals surface area contributed by atoms with Crippen molar-refractivity contribution in [1.82, 2.24) is 0 Å². The molecule has 2 N–H and O–H groups in total. The molecule has 1 atom stereocenters. The Morgan fingerprint density at radius 2 is 1.95 bits per heavy atom. The van der Waals surface area contributed by atoms with Crippen LogP contribution in [0, 0.1) is 6.92 Å². The number of halogens is 1. The van der Waals surface area contributed by atoms with Crippen LogP contribution in [-0.2, 0) is 11.2 Å². The van der Waals surface area contributed by atoms with E-state index in [1.807, 2.05) is 6.92 Å². The molecule has 0 aliphatic rings. The molecular formula is C15H24BrNO2. The average molecular weight is 330 g/mol. The zero-order chi connectivity index (χ0) is 14.3. The standard InChI is InChI=1S/C15H24BrNO2/c1-11-8-14(16)10-13(9-12(2)17)15(11)19-7-5-4-6-18-3/h8,10,12H,4-7,9,17H2,1-3H3. The van der Waals surface area contributed by atoms with E-state index in [4.69, 9.17) is 15.2 Å². The molecule has 0 heterocycles. The van der Waals surface area contributed by atoms with Crippen molar-refractivity contribution >= 4 is 15.9 Å². The van der Waals surface area contributed by atoms with Gasteiger partial charge in [-0.1, -0.05) is 15.9 Å². The number of methoxy groups -OCH3 is 1. The third-order valence-electron chi connectivity index (χ3n) is 2.85. The number of ether oxygens (including phenoxy) is 2. The molecule has 0 radical (unpaired) electrons. The lowest BCUT2D eigenvalue weighted by molar-refractivity contribution is 0.184. The van der Waals surface area contributed by atoms with Gasteiger partial charge in [0.05, 0.1) is 6.61 Å². The van der Waals surface area contributed by atoms with Gasteiger partial charge >= 0.3 is 0 Å². The van der Waals surface area contributed by atoms with Crippen molar-refractivity contribution in [2.45, 2.75) is 39.2 Å². The van der Waals surface area contributed by atoms with Gasteiger partial charge in [0.15, 0.2) is 0 Å². The van der Waals surface area contributed by atoms with Crippen LogP contribution in [0.4, 0.5) is 0 Å². The number of hydrogen-bond acceptors (Lipinski definition) is 3. The van der Waals surface area contributed by atoms with Crippen molar-refractivity contribution in [2.75, 3.05) is 20.3 Å². The van der Waals surface area contributed by atoms with Crippen molar-refractivity contribution < 1.29 is 9.47 Å². The van der Waals surface area contributed by atoms with E-state index in [0.29, 0.717) is 0 Å². The Morgan fingerprint density at radius 1 is 1.26 bits per heavy atom. The van der Waals surface area contributed by atoms with Crippen LogP contribution in [0.5, 0.6) is 5.75 Å². The Kier molecular flexibility index (Phi) is 7.42. The average Bonchev–Trinajstić information content (AvgIpc) is 2.30. The second kappa shape index (κ2) is 8.56. The lowest BCUT2D eigenvalue weighted by Crippen LogP contribution is -2.18. The summed E-state index contributed by atoms with van der Waals surface area (Å²) in [5, 5.41) is 0. The Labute approximate surface area is 124 Å². The second-order valence-corrected chi connectivity index (χ2v) is 5.86. The third-order valence-corrected chi connectivity index (χ3v) is 3.31. The first-order valence-corrected chi connectivity index (χ1v) is 7.50. The van der Waals surface area contributed by atoms with Gasteiger partial charge in [-0.15, -0.1) is 0 Å². The molecule has 1 unspecified atom stereocenters. The maximum Gasteiger partial charge on any atom is 0.125 e. The van der Waals surface area contributed by atoms with Gasteiger partial charge in [-0.25, -0.2) is 0 Å². The first-order valence-electron chi connectivity index (χ1n) is 6.71. The third kappa shape index (κ3) is 5.93. The molecule has 19 heavy (non-hydrogen) atoms. The van der Waals surface area contributed by atoms with Crippen LogP contribution in [0.25, 0.3) is 0 Å². The van der Waals surface area contributed by atoms with Crippen LogP contribution in [0.1, 0.15) is 30.9 Å². The summed E-state index contributed by atoms with van der Waals surface area (Å²) in [6.07, 6.45) is 2.85. The van der Waals surface area contributed by atoms with Gasteiger partial charge in [-0.2, -0.15) is 0 Å². The summed E-state index contributed by atoms with van der Waals surface area (Å²) in [4.78, 5) is 0. The quantitative estimate of drug-likeness (QED) is 0.743. The molecule has 0 aliphatic heterocycles. The molecule has 0 aromatic heterocycles. The maximum atomic E-state index is 5.94. The van der Waals surface area contributed by atoms with Gasteiger partial charge in [0.25, 0.3) is 0 Å². The summed E-state index contributed by atoms with van der Waals surface area (Å²) in [6.45, 7) is 5.59. The second-order valence-electron chi connectivity index (χ2n) is 4.94. The summed E-state index contributed by atoms with van der Waals surface area (Å²) in [5.41, 5.74) is 8.22. The van der Waals surface area contributed by atoms with Gasteiger partial charge in [0, 0.05) is 24.2 Å². The molecule has 108 valence electrons. The first kappa shape index (κ1) is 16.5. The van der Waals surface area contributed by atoms with Crippen LogP contribution in [0.3, 0.4) is 0 Å². The zero-order valence-corrected chi connectivity index (χ0v) is 13.6. The summed E-state index contributed by atoms with van der Waals surface area (Å²) >= 11 is 3.53. The number of nitrogens with two attached hydrogens (primary N) is 1. The highest BCUT2D eigenvalue weighted by Crippen LogP contribution is 2.29. The van der Waals surface area contributed by atoms with Crippen molar-refractivity contribution in [2.24, 2.45) is 5.73 Å². The van der Waals surface area contributed by atoms with Gasteiger partial charge in [-0.3, -0.25) is 0 Å². The topological polar surface area (TPSA) is 44.5 Å². The fourth-order valence-electron chi connectivity index (χ4n) is 2.03. The molecule has 4 heteroatoms. The van der Waals surface area contributed by atoms with E-state index in [1.54, 1.807) is 7.11 Å². The summed E-state index contributed by atoms with van der Waals surface area (Å²) in [6, 6.07) is 4.31. The molecule has 0 bridgehead atoms. The SMILES string of the molecule is COCCCCOc1c(C)cc(Br)cc1CC(C)N. The maximum absolute atomic E-state index is 5.94. The monoisotopic (exact) mass is 329 g/mol. The molecule has 0 fully saturated rings. The summed E-state index contributed by atoms with van der Waals surface area (Å²) < 4.78 is 12.0. The molecule has 3 nitrogen and oxygen atoms in total. The first-order chi connectivity index (χ1) is 9.04.